The summed E-state index contributed by atoms with van der Waals surface area (Å²) in [5.41, 5.74) is 1.78. The second-order valence-corrected chi connectivity index (χ2v) is 5.66. The third-order valence-corrected chi connectivity index (χ3v) is 3.48. The highest BCUT2D eigenvalue weighted by Crippen LogP contribution is 2.17. The molecule has 2 amide bonds. The van der Waals surface area contributed by atoms with Crippen molar-refractivity contribution in [3.63, 3.8) is 0 Å². The van der Waals surface area contributed by atoms with Gasteiger partial charge in [-0.1, -0.05) is 12.1 Å². The van der Waals surface area contributed by atoms with Gasteiger partial charge in [0.1, 0.15) is 0 Å². The number of pyridine rings is 1. The monoisotopic (exact) mass is 393 g/mol. The number of nitrogens with one attached hydrogen (secondary N) is 2. The molecular formula is C19H18F3N3O3. The summed E-state index contributed by atoms with van der Waals surface area (Å²) in [4.78, 5) is 27.1. The molecular weight excluding hydrogens is 375 g/mol. The van der Waals surface area contributed by atoms with Crippen LogP contribution in [-0.2, 0) is 11.3 Å². The average Bonchev–Trinajstić information content (AvgIpc) is 2.68. The highest BCUT2D eigenvalue weighted by molar-refractivity contribution is 5.94. The Labute approximate surface area is 159 Å². The molecule has 0 spiro atoms. The van der Waals surface area contributed by atoms with Gasteiger partial charge in [0.15, 0.2) is 6.61 Å². The zero-order chi connectivity index (χ0) is 20.6. The number of aromatic nitrogens is 1. The molecule has 0 saturated heterocycles. The predicted molar refractivity (Wildman–Crippen MR) is 96.5 cm³/mol. The number of alkyl halides is 3. The molecule has 9 heteroatoms. The molecule has 0 aliphatic rings. The third-order valence-electron chi connectivity index (χ3n) is 3.48. The van der Waals surface area contributed by atoms with Crippen molar-refractivity contribution in [3.8, 4) is 5.88 Å². The summed E-state index contributed by atoms with van der Waals surface area (Å²) in [5, 5.41) is 5.12. The molecule has 2 aromatic rings. The van der Waals surface area contributed by atoms with Crippen molar-refractivity contribution in [1.29, 1.82) is 0 Å². The van der Waals surface area contributed by atoms with E-state index in [1.165, 1.54) is 25.4 Å². The van der Waals surface area contributed by atoms with Gasteiger partial charge in [-0.15, -0.1) is 0 Å². The number of ether oxygens (including phenoxy) is 1. The van der Waals surface area contributed by atoms with Gasteiger partial charge in [0, 0.05) is 37.5 Å². The fourth-order valence-corrected chi connectivity index (χ4v) is 2.11. The molecule has 0 aliphatic carbocycles. The topological polar surface area (TPSA) is 80.3 Å². The molecule has 6 nitrogen and oxygen atoms in total. The standard InChI is InChI=1S/C19H18F3N3O3/c1-23-18(27)15-5-2-13(3-6-15)4-7-16(26)25-11-14-8-9-24-17(10-14)28-12-19(20,21)22/h2-10H,11-12H2,1H3,(H,23,27)(H,25,26)/b7-4+. The van der Waals surface area contributed by atoms with Gasteiger partial charge in [-0.3, -0.25) is 9.59 Å². The maximum absolute atomic E-state index is 12.2. The number of carbonyl (C=O) groups excluding carboxylic acids is 2. The SMILES string of the molecule is CNC(=O)c1ccc(/C=C/C(=O)NCc2ccnc(OCC(F)(F)F)c2)cc1. The fourth-order valence-electron chi connectivity index (χ4n) is 2.11. The van der Waals surface area contributed by atoms with Crippen LogP contribution in [0, 0.1) is 0 Å². The number of hydrogen-bond acceptors (Lipinski definition) is 4. The van der Waals surface area contributed by atoms with E-state index in [0.29, 0.717) is 11.1 Å². The Hall–Kier alpha value is -3.36. The minimum Gasteiger partial charge on any atom is -0.468 e. The van der Waals surface area contributed by atoms with Crippen molar-refractivity contribution in [1.82, 2.24) is 15.6 Å². The van der Waals surface area contributed by atoms with Gasteiger partial charge in [-0.2, -0.15) is 13.2 Å². The van der Waals surface area contributed by atoms with Crippen molar-refractivity contribution < 1.29 is 27.5 Å². The van der Waals surface area contributed by atoms with Crippen LogP contribution in [0.15, 0.2) is 48.7 Å². The van der Waals surface area contributed by atoms with Gasteiger partial charge in [-0.25, -0.2) is 4.98 Å². The molecule has 0 unspecified atom stereocenters. The molecule has 0 saturated carbocycles. The molecule has 28 heavy (non-hydrogen) atoms. The quantitative estimate of drug-likeness (QED) is 0.709. The van der Waals surface area contributed by atoms with E-state index in [2.05, 4.69) is 20.4 Å². The van der Waals surface area contributed by atoms with E-state index in [1.807, 2.05) is 0 Å². The number of rotatable bonds is 7. The Kier molecular flexibility index (Phi) is 7.14. The molecule has 0 aliphatic heterocycles. The highest BCUT2D eigenvalue weighted by atomic mass is 19.4. The lowest BCUT2D eigenvalue weighted by Gasteiger charge is -2.09. The Bertz CT molecular complexity index is 849. The summed E-state index contributed by atoms with van der Waals surface area (Å²) in [6.45, 7) is -1.33. The first kappa shape index (κ1) is 20.9. The first-order valence-electron chi connectivity index (χ1n) is 8.19. The van der Waals surface area contributed by atoms with Crippen LogP contribution in [0.5, 0.6) is 5.88 Å². The average molecular weight is 393 g/mol. The predicted octanol–water partition coefficient (Wildman–Crippen LogP) is 2.71. The second-order valence-electron chi connectivity index (χ2n) is 5.66. The normalized spacial score (nSPS) is 11.3. The number of halogens is 3. The van der Waals surface area contributed by atoms with Gasteiger partial charge >= 0.3 is 6.18 Å². The molecule has 0 fully saturated rings. The summed E-state index contributed by atoms with van der Waals surface area (Å²) in [6, 6.07) is 9.55. The van der Waals surface area contributed by atoms with Crippen LogP contribution in [0.2, 0.25) is 0 Å². The first-order chi connectivity index (χ1) is 13.3. The van der Waals surface area contributed by atoms with Gasteiger partial charge < -0.3 is 15.4 Å². The lowest BCUT2D eigenvalue weighted by Crippen LogP contribution is -2.21. The fraction of sp³-hybridized carbons (Fsp3) is 0.211. The van der Waals surface area contributed by atoms with Crippen LogP contribution >= 0.6 is 0 Å². The number of benzene rings is 1. The van der Waals surface area contributed by atoms with Crippen LogP contribution in [0.3, 0.4) is 0 Å². The van der Waals surface area contributed by atoms with Crippen molar-refractivity contribution >= 4 is 17.9 Å². The molecule has 1 heterocycles. The molecule has 0 radical (unpaired) electrons. The van der Waals surface area contributed by atoms with E-state index in [1.54, 1.807) is 36.4 Å². The summed E-state index contributed by atoms with van der Waals surface area (Å²) >= 11 is 0. The summed E-state index contributed by atoms with van der Waals surface area (Å²) in [7, 11) is 1.54. The first-order valence-corrected chi connectivity index (χ1v) is 8.19. The van der Waals surface area contributed by atoms with E-state index < -0.39 is 12.8 Å². The van der Waals surface area contributed by atoms with E-state index in [9.17, 15) is 22.8 Å². The maximum atomic E-state index is 12.2. The molecule has 0 atom stereocenters. The van der Waals surface area contributed by atoms with Gasteiger partial charge in [0.05, 0.1) is 0 Å². The third kappa shape index (κ3) is 7.10. The second kappa shape index (κ2) is 9.54. The van der Waals surface area contributed by atoms with Crippen LogP contribution in [0.4, 0.5) is 13.2 Å². The molecule has 0 bridgehead atoms. The Morgan fingerprint density at radius 2 is 1.89 bits per heavy atom. The smallest absolute Gasteiger partial charge is 0.422 e. The summed E-state index contributed by atoms with van der Waals surface area (Å²) < 4.78 is 41.1. The Morgan fingerprint density at radius 1 is 1.18 bits per heavy atom. The van der Waals surface area contributed by atoms with Gasteiger partial charge in [0.2, 0.25) is 11.8 Å². The van der Waals surface area contributed by atoms with Crippen LogP contribution in [0.1, 0.15) is 21.5 Å². The van der Waals surface area contributed by atoms with Crippen molar-refractivity contribution in [2.45, 2.75) is 12.7 Å². The van der Waals surface area contributed by atoms with Crippen LogP contribution in [0.25, 0.3) is 6.08 Å². The van der Waals surface area contributed by atoms with Crippen LogP contribution < -0.4 is 15.4 Å². The lowest BCUT2D eigenvalue weighted by atomic mass is 10.1. The highest BCUT2D eigenvalue weighted by Gasteiger charge is 2.28. The minimum absolute atomic E-state index is 0.101. The van der Waals surface area contributed by atoms with Crippen molar-refractivity contribution in [2.75, 3.05) is 13.7 Å². The number of nitrogens with zero attached hydrogens (tertiary/aromatic N) is 1. The van der Waals surface area contributed by atoms with Crippen molar-refractivity contribution in [2.24, 2.45) is 0 Å². The van der Waals surface area contributed by atoms with E-state index >= 15 is 0 Å². The van der Waals surface area contributed by atoms with E-state index in [-0.39, 0.29) is 24.2 Å². The van der Waals surface area contributed by atoms with E-state index in [0.717, 1.165) is 5.56 Å². The van der Waals surface area contributed by atoms with Gasteiger partial charge in [-0.05, 0) is 35.4 Å². The summed E-state index contributed by atoms with van der Waals surface area (Å²) in [6.07, 6.45) is -0.253. The minimum atomic E-state index is -4.45. The Morgan fingerprint density at radius 3 is 2.54 bits per heavy atom. The Balaban J connectivity index is 1.86. The number of hydrogen-bond donors (Lipinski definition) is 2. The van der Waals surface area contributed by atoms with E-state index in [4.69, 9.17) is 0 Å². The molecule has 2 N–H and O–H groups in total. The molecule has 1 aromatic carbocycles. The zero-order valence-corrected chi connectivity index (χ0v) is 14.9. The zero-order valence-electron chi connectivity index (χ0n) is 14.9. The number of carbonyl (C=O) groups is 2. The number of amides is 2. The van der Waals surface area contributed by atoms with Gasteiger partial charge in [0.25, 0.3) is 5.91 Å². The van der Waals surface area contributed by atoms with Crippen molar-refractivity contribution in [3.05, 3.63) is 65.4 Å². The molecule has 148 valence electrons. The van der Waals surface area contributed by atoms with Crippen LogP contribution in [-0.4, -0.2) is 36.6 Å². The molecule has 1 aromatic heterocycles. The molecule has 2 rings (SSSR count). The lowest BCUT2D eigenvalue weighted by molar-refractivity contribution is -0.154. The summed E-state index contributed by atoms with van der Waals surface area (Å²) in [5.74, 6) is -0.759. The largest absolute Gasteiger partial charge is 0.468 e. The maximum Gasteiger partial charge on any atom is 0.422 e.